The molecule has 96 valence electrons. The molecular weight excluding hydrogens is 302 g/mol. The van der Waals surface area contributed by atoms with Gasteiger partial charge in [0.05, 0.1) is 12.7 Å². The Bertz CT molecular complexity index is 665. The predicted molar refractivity (Wildman–Crippen MR) is 65.8 cm³/mol. The Labute approximate surface area is 112 Å². The molecular formula is C10H7Cl2FN2O2S. The quantitative estimate of drug-likeness (QED) is 0.819. The van der Waals surface area contributed by atoms with Gasteiger partial charge in [0.2, 0.25) is 0 Å². The van der Waals surface area contributed by atoms with Crippen LogP contribution in [0.2, 0.25) is 5.02 Å². The Kier molecular flexibility index (Phi) is 3.61. The summed E-state index contributed by atoms with van der Waals surface area (Å²) < 4.78 is 36.8. The fraction of sp³-hybridized carbons (Fsp3) is 0.100. The van der Waals surface area contributed by atoms with Crippen molar-refractivity contribution in [3.63, 3.8) is 0 Å². The van der Waals surface area contributed by atoms with Crippen molar-refractivity contribution in [2.75, 3.05) is 0 Å². The summed E-state index contributed by atoms with van der Waals surface area (Å²) in [7, 11) is 1.32. The number of hydrogen-bond acceptors (Lipinski definition) is 3. The van der Waals surface area contributed by atoms with Crippen LogP contribution in [0, 0.1) is 5.82 Å². The number of benzene rings is 1. The summed E-state index contributed by atoms with van der Waals surface area (Å²) in [5.74, 6) is -0.478. The molecule has 1 aromatic carbocycles. The first-order valence-corrected chi connectivity index (χ1v) is 7.46. The Balaban J connectivity index is 2.33. The molecule has 0 spiro atoms. The summed E-state index contributed by atoms with van der Waals surface area (Å²) in [5, 5.41) is 4.04. The van der Waals surface area contributed by atoms with Crippen LogP contribution in [0.1, 0.15) is 5.56 Å². The van der Waals surface area contributed by atoms with Gasteiger partial charge in [-0.25, -0.2) is 12.8 Å². The van der Waals surface area contributed by atoms with E-state index in [2.05, 4.69) is 5.10 Å². The molecule has 2 aromatic rings. The third kappa shape index (κ3) is 2.82. The van der Waals surface area contributed by atoms with Gasteiger partial charge < -0.3 is 0 Å². The summed E-state index contributed by atoms with van der Waals surface area (Å²) in [5.41, 5.74) is 0.237. The minimum Gasteiger partial charge on any atom is -0.267 e. The molecule has 0 atom stereocenters. The molecule has 0 radical (unpaired) electrons. The third-order valence-corrected chi connectivity index (χ3v) is 3.94. The molecule has 0 aliphatic heterocycles. The zero-order valence-electron chi connectivity index (χ0n) is 8.85. The lowest BCUT2D eigenvalue weighted by Crippen LogP contribution is -2.03. The maximum absolute atomic E-state index is 13.5. The van der Waals surface area contributed by atoms with Gasteiger partial charge >= 0.3 is 0 Å². The van der Waals surface area contributed by atoms with E-state index in [1.54, 1.807) is 6.07 Å². The average molecular weight is 309 g/mol. The first-order valence-electron chi connectivity index (χ1n) is 4.78. The van der Waals surface area contributed by atoms with E-state index in [-0.39, 0.29) is 22.0 Å². The normalized spacial score (nSPS) is 11.7. The van der Waals surface area contributed by atoms with Crippen LogP contribution in [0.4, 0.5) is 4.39 Å². The molecule has 0 saturated heterocycles. The molecule has 0 aliphatic rings. The second-order valence-corrected chi connectivity index (χ2v) is 6.48. The van der Waals surface area contributed by atoms with Crippen molar-refractivity contribution >= 4 is 31.3 Å². The molecule has 0 amide bonds. The number of rotatable bonds is 3. The summed E-state index contributed by atoms with van der Waals surface area (Å²) in [4.78, 5) is -0.142. The van der Waals surface area contributed by atoms with Gasteiger partial charge in [-0.15, -0.1) is 0 Å². The van der Waals surface area contributed by atoms with E-state index in [0.29, 0.717) is 0 Å². The fourth-order valence-electron chi connectivity index (χ4n) is 1.40. The highest BCUT2D eigenvalue weighted by Gasteiger charge is 2.14. The first-order chi connectivity index (χ1) is 8.38. The lowest BCUT2D eigenvalue weighted by Gasteiger charge is -2.05. The van der Waals surface area contributed by atoms with Gasteiger partial charge in [-0.1, -0.05) is 17.7 Å². The van der Waals surface area contributed by atoms with Gasteiger partial charge in [0.25, 0.3) is 9.05 Å². The minimum atomic E-state index is -3.83. The molecule has 8 heteroatoms. The van der Waals surface area contributed by atoms with E-state index in [1.807, 2.05) is 0 Å². The highest BCUT2D eigenvalue weighted by molar-refractivity contribution is 8.13. The van der Waals surface area contributed by atoms with Crippen molar-refractivity contribution in [2.45, 2.75) is 11.4 Å². The molecule has 18 heavy (non-hydrogen) atoms. The fourth-order valence-corrected chi connectivity index (χ4v) is 2.28. The van der Waals surface area contributed by atoms with Gasteiger partial charge in [-0.2, -0.15) is 5.10 Å². The SMILES string of the molecule is O=S(=O)(Cl)c1cnn(Cc2c(F)cccc2Cl)c1. The monoisotopic (exact) mass is 308 g/mol. The Hall–Kier alpha value is -1.11. The van der Waals surface area contributed by atoms with E-state index in [4.69, 9.17) is 22.3 Å². The van der Waals surface area contributed by atoms with Gasteiger partial charge in [0, 0.05) is 27.5 Å². The maximum atomic E-state index is 13.5. The van der Waals surface area contributed by atoms with Gasteiger partial charge in [0.15, 0.2) is 0 Å². The Morgan fingerprint density at radius 2 is 2.11 bits per heavy atom. The van der Waals surface area contributed by atoms with Crippen molar-refractivity contribution in [1.29, 1.82) is 0 Å². The van der Waals surface area contributed by atoms with Crippen LogP contribution in [0.15, 0.2) is 35.5 Å². The molecule has 1 heterocycles. The summed E-state index contributed by atoms with van der Waals surface area (Å²) in [6.45, 7) is 0.0257. The number of aromatic nitrogens is 2. The molecule has 0 saturated carbocycles. The number of nitrogens with zero attached hydrogens (tertiary/aromatic N) is 2. The van der Waals surface area contributed by atoms with Crippen molar-refractivity contribution in [3.8, 4) is 0 Å². The van der Waals surface area contributed by atoms with E-state index in [9.17, 15) is 12.8 Å². The average Bonchev–Trinajstić information content (AvgIpc) is 2.72. The third-order valence-electron chi connectivity index (χ3n) is 2.27. The predicted octanol–water partition coefficient (Wildman–Crippen LogP) is 2.65. The van der Waals surface area contributed by atoms with Crippen molar-refractivity contribution < 1.29 is 12.8 Å². The van der Waals surface area contributed by atoms with Gasteiger partial charge in [-0.05, 0) is 12.1 Å². The van der Waals surface area contributed by atoms with Crippen LogP contribution in [0.25, 0.3) is 0 Å². The summed E-state index contributed by atoms with van der Waals surface area (Å²) >= 11 is 5.85. The van der Waals surface area contributed by atoms with Crippen LogP contribution in [-0.4, -0.2) is 18.2 Å². The molecule has 0 N–H and O–H groups in total. The molecule has 0 bridgehead atoms. The van der Waals surface area contributed by atoms with Crippen molar-refractivity contribution in [2.24, 2.45) is 0 Å². The Morgan fingerprint density at radius 3 is 2.67 bits per heavy atom. The number of halogens is 3. The molecule has 0 fully saturated rings. The van der Waals surface area contributed by atoms with E-state index < -0.39 is 14.9 Å². The van der Waals surface area contributed by atoms with Gasteiger partial charge in [-0.3, -0.25) is 4.68 Å². The largest absolute Gasteiger partial charge is 0.267 e. The molecule has 0 unspecified atom stereocenters. The smallest absolute Gasteiger partial charge is 0.264 e. The highest BCUT2D eigenvalue weighted by atomic mass is 35.7. The highest BCUT2D eigenvalue weighted by Crippen LogP contribution is 2.21. The second kappa shape index (κ2) is 4.87. The minimum absolute atomic E-state index is 0.0257. The maximum Gasteiger partial charge on any atom is 0.264 e. The van der Waals surface area contributed by atoms with E-state index in [0.717, 1.165) is 6.20 Å². The molecule has 1 aromatic heterocycles. The summed E-state index contributed by atoms with van der Waals surface area (Å²) in [6, 6.07) is 4.30. The van der Waals surface area contributed by atoms with Crippen LogP contribution in [-0.2, 0) is 15.6 Å². The van der Waals surface area contributed by atoms with E-state index in [1.165, 1.54) is 23.0 Å². The summed E-state index contributed by atoms with van der Waals surface area (Å²) in [6.07, 6.45) is 2.31. The number of hydrogen-bond donors (Lipinski definition) is 0. The lowest BCUT2D eigenvalue weighted by molar-refractivity contribution is 0.585. The van der Waals surface area contributed by atoms with Crippen molar-refractivity contribution in [1.82, 2.24) is 9.78 Å². The van der Waals surface area contributed by atoms with Gasteiger partial charge in [0.1, 0.15) is 10.7 Å². The molecule has 0 aliphatic carbocycles. The topological polar surface area (TPSA) is 52.0 Å². The zero-order valence-corrected chi connectivity index (χ0v) is 11.2. The first kappa shape index (κ1) is 13.3. The van der Waals surface area contributed by atoms with Crippen LogP contribution >= 0.6 is 22.3 Å². The molecule has 4 nitrogen and oxygen atoms in total. The Morgan fingerprint density at radius 1 is 1.39 bits per heavy atom. The zero-order chi connectivity index (χ0) is 13.3. The van der Waals surface area contributed by atoms with E-state index >= 15 is 0 Å². The standard InChI is InChI=1S/C10H7Cl2FN2O2S/c11-9-2-1-3-10(13)8(9)6-15-5-7(4-14-15)18(12,16)17/h1-5H,6H2. The second-order valence-electron chi connectivity index (χ2n) is 3.51. The van der Waals surface area contributed by atoms with Crippen molar-refractivity contribution in [3.05, 3.63) is 47.0 Å². The molecule has 2 rings (SSSR count). The van der Waals surface area contributed by atoms with Crippen LogP contribution in [0.5, 0.6) is 0 Å². The van der Waals surface area contributed by atoms with Crippen LogP contribution < -0.4 is 0 Å². The van der Waals surface area contributed by atoms with Crippen LogP contribution in [0.3, 0.4) is 0 Å². The lowest BCUT2D eigenvalue weighted by atomic mass is 10.2.